The van der Waals surface area contributed by atoms with Crippen LogP contribution in [0, 0.1) is 0 Å². The fourth-order valence-electron chi connectivity index (χ4n) is 0. The topological polar surface area (TPSA) is 112 Å². The van der Waals surface area contributed by atoms with Crippen LogP contribution in [0.3, 0.4) is 0 Å². The van der Waals surface area contributed by atoms with Gasteiger partial charge in [0, 0.05) is 0 Å². The van der Waals surface area contributed by atoms with Crippen molar-refractivity contribution in [1.82, 2.24) is 6.15 Å². The maximum Gasteiger partial charge on any atom is 2.00 e. The molecule has 0 saturated carbocycles. The number of hydrogen-bond donors (Lipinski definition) is 2. The Kier molecular flexibility index (Phi) is 10.6. The third-order valence-electron chi connectivity index (χ3n) is 0. The molecule has 0 amide bonds. The fourth-order valence-corrected chi connectivity index (χ4v) is 0. The largest absolute Gasteiger partial charge is 2.00 e. The monoisotopic (exact) mass is 138 g/mol. The van der Waals surface area contributed by atoms with E-state index in [1.165, 1.54) is 0 Å². The Balaban J connectivity index is -0.0000000800. The van der Waals surface area contributed by atoms with E-state index in [4.69, 9.17) is 17.5 Å². The molecule has 40 valence electrons. The molecule has 0 bridgehead atoms. The third-order valence-corrected chi connectivity index (χ3v) is 0. The summed E-state index contributed by atoms with van der Waals surface area (Å²) < 4.78 is 32.8. The van der Waals surface area contributed by atoms with E-state index in [9.17, 15) is 0 Å². The molecule has 0 aromatic rings. The smallest absolute Gasteiger partial charge is 0.726 e. The molecule has 0 aromatic carbocycles. The quantitative estimate of drug-likeness (QED) is 0.248. The van der Waals surface area contributed by atoms with Crippen molar-refractivity contribution in [3.63, 3.8) is 0 Å². The van der Waals surface area contributed by atoms with Crippen molar-refractivity contribution < 1.29 is 17.5 Å². The van der Waals surface area contributed by atoms with E-state index in [-0.39, 0.29) is 29.2 Å². The van der Waals surface area contributed by atoms with E-state index in [1.54, 1.807) is 0 Å². The zero-order chi connectivity index (χ0) is 4.50. The van der Waals surface area contributed by atoms with Crippen LogP contribution < -0.4 is 6.15 Å². The molecule has 0 saturated heterocycles. The molecule has 0 fully saturated rings. The summed E-state index contributed by atoms with van der Waals surface area (Å²) in [6.45, 7) is 0. The second-order valence-corrected chi connectivity index (χ2v) is 1.28. The predicted octanol–water partition coefficient (Wildman–Crippen LogP) is -1.21. The van der Waals surface area contributed by atoms with Gasteiger partial charge < -0.3 is 10.7 Å². The van der Waals surface area contributed by atoms with E-state index >= 15 is 0 Å². The summed E-state index contributed by atoms with van der Waals surface area (Å²) in [5.74, 6) is 0. The van der Waals surface area contributed by atoms with Gasteiger partial charge in [-0.1, -0.05) is 0 Å². The van der Waals surface area contributed by atoms with E-state index < -0.39 is 10.4 Å². The van der Waals surface area contributed by atoms with Crippen LogP contribution >= 0.6 is 0 Å². The minimum atomic E-state index is -4.92. The molecule has 0 aliphatic carbocycles. The molecule has 0 aromatic heterocycles. The van der Waals surface area contributed by atoms with Crippen LogP contribution in [0.15, 0.2) is 0 Å². The van der Waals surface area contributed by atoms with Crippen molar-refractivity contribution in [1.29, 1.82) is 0 Å². The minimum Gasteiger partial charge on any atom is -0.726 e. The van der Waals surface area contributed by atoms with Gasteiger partial charge in [-0.2, -0.15) is 0 Å². The van der Waals surface area contributed by atoms with Crippen molar-refractivity contribution in [2.75, 3.05) is 0 Å². The second kappa shape index (κ2) is 4.75. The van der Waals surface area contributed by atoms with Crippen molar-refractivity contribution in [2.24, 2.45) is 0 Å². The first-order valence-corrected chi connectivity index (χ1v) is 2.05. The van der Waals surface area contributed by atoms with E-state index in [0.717, 1.165) is 0 Å². The fraction of sp³-hybridized carbons (Fsp3) is 0. The van der Waals surface area contributed by atoms with Gasteiger partial charge in [0.1, 0.15) is 0 Å². The first-order chi connectivity index (χ1) is 2.00. The second-order valence-electron chi connectivity index (χ2n) is 0.428. The molecular formula is H4MgNO4S+. The zero-order valence-electron chi connectivity index (χ0n) is 3.49. The number of rotatable bonds is 0. The maximum absolute atomic E-state index is 8.63. The van der Waals surface area contributed by atoms with Crippen molar-refractivity contribution in [3.8, 4) is 0 Å². The van der Waals surface area contributed by atoms with Crippen LogP contribution in [0.5, 0.6) is 0 Å². The summed E-state index contributed by atoms with van der Waals surface area (Å²) in [6, 6.07) is 0. The Labute approximate surface area is 57.4 Å². The third kappa shape index (κ3) is 392. The van der Waals surface area contributed by atoms with Gasteiger partial charge in [-0.05, 0) is 0 Å². The van der Waals surface area contributed by atoms with E-state index in [1.807, 2.05) is 0 Å². The average Bonchev–Trinajstić information content (AvgIpc) is 0.722. The van der Waals surface area contributed by atoms with Crippen molar-refractivity contribution >= 4 is 33.5 Å². The first kappa shape index (κ1) is 15.6. The van der Waals surface area contributed by atoms with Crippen LogP contribution in [0.25, 0.3) is 0 Å². The van der Waals surface area contributed by atoms with Gasteiger partial charge in [0.2, 0.25) is 10.4 Å². The summed E-state index contributed by atoms with van der Waals surface area (Å²) in [6.07, 6.45) is 0. The van der Waals surface area contributed by atoms with Gasteiger partial charge in [0.25, 0.3) is 0 Å². The Bertz CT molecular complexity index is 94.9. The molecular weight excluding hydrogens is 134 g/mol. The van der Waals surface area contributed by atoms with Crippen LogP contribution in [-0.2, 0) is 10.4 Å². The summed E-state index contributed by atoms with van der Waals surface area (Å²) in [5, 5.41) is 0. The molecule has 0 aliphatic heterocycles. The molecule has 0 radical (unpaired) electrons. The molecule has 0 heterocycles. The zero-order valence-corrected chi connectivity index (χ0v) is 5.73. The van der Waals surface area contributed by atoms with Gasteiger partial charge in [-0.15, -0.1) is 0 Å². The van der Waals surface area contributed by atoms with Crippen LogP contribution in [0.4, 0.5) is 0 Å². The van der Waals surface area contributed by atoms with Gasteiger partial charge in [-0.3, -0.25) is 4.55 Å². The van der Waals surface area contributed by atoms with Crippen molar-refractivity contribution in [2.45, 2.75) is 0 Å². The molecule has 0 spiro atoms. The Morgan fingerprint density at radius 2 is 1.43 bits per heavy atom. The Hall–Kier alpha value is 0.596. The van der Waals surface area contributed by atoms with Crippen molar-refractivity contribution in [3.05, 3.63) is 0 Å². The Morgan fingerprint density at radius 3 is 1.43 bits per heavy atom. The summed E-state index contributed by atoms with van der Waals surface area (Å²) >= 11 is 0. The predicted molar refractivity (Wildman–Crippen MR) is 23.1 cm³/mol. The molecule has 0 unspecified atom stereocenters. The molecule has 4 N–H and O–H groups in total. The SMILES string of the molecule is N.O=S(=O)([O-])O.[Mg+2]. The van der Waals surface area contributed by atoms with Gasteiger partial charge in [0.05, 0.1) is 0 Å². The molecule has 0 atom stereocenters. The minimum absolute atomic E-state index is 0. The molecule has 7 heteroatoms. The van der Waals surface area contributed by atoms with Gasteiger partial charge >= 0.3 is 23.1 Å². The molecule has 0 aliphatic rings. The van der Waals surface area contributed by atoms with Gasteiger partial charge in [-0.25, -0.2) is 8.42 Å². The Morgan fingerprint density at radius 1 is 1.43 bits per heavy atom. The average molecular weight is 138 g/mol. The summed E-state index contributed by atoms with van der Waals surface area (Å²) in [4.78, 5) is 0. The molecule has 0 rings (SSSR count). The molecule has 7 heavy (non-hydrogen) atoms. The summed E-state index contributed by atoms with van der Waals surface area (Å²) in [5.41, 5.74) is 0. The van der Waals surface area contributed by atoms with Crippen LogP contribution in [-0.4, -0.2) is 40.6 Å². The van der Waals surface area contributed by atoms with E-state index in [2.05, 4.69) is 0 Å². The van der Waals surface area contributed by atoms with E-state index in [0.29, 0.717) is 0 Å². The number of hydrogen-bond acceptors (Lipinski definition) is 4. The molecule has 5 nitrogen and oxygen atoms in total. The normalized spacial score (nSPS) is 8.29. The van der Waals surface area contributed by atoms with Crippen LogP contribution in [0.2, 0.25) is 0 Å². The summed E-state index contributed by atoms with van der Waals surface area (Å²) in [7, 11) is -4.92. The maximum atomic E-state index is 8.63. The van der Waals surface area contributed by atoms with Gasteiger partial charge in [0.15, 0.2) is 0 Å². The van der Waals surface area contributed by atoms with Crippen LogP contribution in [0.1, 0.15) is 0 Å². The standard InChI is InChI=1S/Mg.H3N.H2O4S/c;;1-5(2,3)4/h;1H3;(H2,1,2,3,4)/q+2;;/p-1. The first-order valence-electron chi connectivity index (χ1n) is 0.683.